The van der Waals surface area contributed by atoms with Crippen LogP contribution in [0, 0.1) is 0 Å². The molecule has 0 fully saturated rings. The summed E-state index contributed by atoms with van der Waals surface area (Å²) < 4.78 is -3.83. The highest BCUT2D eigenvalue weighted by Gasteiger charge is 2.35. The Morgan fingerprint density at radius 2 is 1.29 bits per heavy atom. The minimum Gasteiger partial charge on any atom is -0.478 e. The van der Waals surface area contributed by atoms with E-state index < -0.39 is 13.6 Å². The Labute approximate surface area is 127 Å². The number of hydrogen-bond donors (Lipinski definition) is 1. The van der Waals surface area contributed by atoms with E-state index in [4.69, 9.17) is 74.7 Å². The molecule has 1 aromatic rings. The quantitative estimate of drug-likeness (QED) is 0.716. The van der Waals surface area contributed by atoms with Gasteiger partial charge in [-0.25, -0.2) is 4.79 Å². The Balaban J connectivity index is 3.61. The third-order valence-corrected chi connectivity index (χ3v) is 3.11. The van der Waals surface area contributed by atoms with E-state index in [2.05, 4.69) is 0 Å². The van der Waals surface area contributed by atoms with Crippen LogP contribution in [0.4, 0.5) is 0 Å². The monoisotopic (exact) mass is 354 g/mol. The topological polar surface area (TPSA) is 37.3 Å². The summed E-state index contributed by atoms with van der Waals surface area (Å²) in [5.74, 6) is -1.34. The summed E-state index contributed by atoms with van der Waals surface area (Å²) in [6.45, 7) is 0. The van der Waals surface area contributed by atoms with Gasteiger partial charge in [0.2, 0.25) is 7.59 Å². The number of hydrogen-bond acceptors (Lipinski definition) is 1. The molecule has 0 saturated heterocycles. The lowest BCUT2D eigenvalue weighted by atomic mass is 10.0. The zero-order valence-corrected chi connectivity index (χ0v) is 12.4. The van der Waals surface area contributed by atoms with Crippen molar-refractivity contribution in [3.05, 3.63) is 34.9 Å². The molecule has 0 radical (unpaired) electrons. The van der Waals surface area contributed by atoms with Crippen molar-refractivity contribution in [1.29, 1.82) is 0 Å². The van der Waals surface area contributed by atoms with Crippen LogP contribution >= 0.6 is 69.6 Å². The van der Waals surface area contributed by atoms with Crippen LogP contribution in [-0.2, 0) is 7.59 Å². The summed E-state index contributed by atoms with van der Waals surface area (Å²) in [7, 11) is 0. The minimum absolute atomic E-state index is 0.0566. The van der Waals surface area contributed by atoms with Crippen molar-refractivity contribution >= 4 is 75.6 Å². The van der Waals surface area contributed by atoms with E-state index in [0.29, 0.717) is 0 Å². The number of halogens is 6. The molecule has 0 atom stereocenters. The molecule has 0 bridgehead atoms. The van der Waals surface area contributed by atoms with E-state index in [1.165, 1.54) is 18.2 Å². The predicted molar refractivity (Wildman–Crippen MR) is 71.9 cm³/mol. The SMILES string of the molecule is O=C(O)c1c(C(Cl)(Cl)Cl)cccc1C(Cl)(Cl)Cl. The zero-order valence-electron chi connectivity index (χ0n) is 7.86. The van der Waals surface area contributed by atoms with Crippen LogP contribution in [-0.4, -0.2) is 11.1 Å². The van der Waals surface area contributed by atoms with Crippen LogP contribution in [0.15, 0.2) is 18.2 Å². The highest BCUT2D eigenvalue weighted by Crippen LogP contribution is 2.46. The number of alkyl halides is 6. The van der Waals surface area contributed by atoms with Gasteiger partial charge in [0.15, 0.2) is 0 Å². The minimum atomic E-state index is -1.92. The van der Waals surface area contributed by atoms with Gasteiger partial charge < -0.3 is 5.11 Å². The van der Waals surface area contributed by atoms with E-state index in [1.54, 1.807) is 0 Å². The van der Waals surface area contributed by atoms with Gasteiger partial charge in [-0.15, -0.1) is 0 Å². The molecule has 17 heavy (non-hydrogen) atoms. The fourth-order valence-corrected chi connectivity index (χ4v) is 2.20. The molecule has 1 aromatic carbocycles. The maximum atomic E-state index is 11.2. The van der Waals surface area contributed by atoms with Crippen molar-refractivity contribution in [2.24, 2.45) is 0 Å². The molecule has 1 N–H and O–H groups in total. The summed E-state index contributed by atoms with van der Waals surface area (Å²) in [5, 5.41) is 9.12. The molecule has 0 saturated carbocycles. The van der Waals surface area contributed by atoms with Gasteiger partial charge in [0, 0.05) is 11.1 Å². The van der Waals surface area contributed by atoms with Crippen molar-refractivity contribution in [3.63, 3.8) is 0 Å². The first-order valence-corrected chi connectivity index (χ1v) is 6.32. The second-order valence-electron chi connectivity index (χ2n) is 3.03. The first kappa shape index (κ1) is 15.5. The van der Waals surface area contributed by atoms with E-state index in [1.807, 2.05) is 0 Å². The molecule has 0 aliphatic rings. The Hall–Kier alpha value is 0.430. The third-order valence-electron chi connectivity index (χ3n) is 1.89. The highest BCUT2D eigenvalue weighted by atomic mass is 35.6. The van der Waals surface area contributed by atoms with Crippen LogP contribution in [0.5, 0.6) is 0 Å². The van der Waals surface area contributed by atoms with Crippen LogP contribution in [0.25, 0.3) is 0 Å². The smallest absolute Gasteiger partial charge is 0.336 e. The second kappa shape index (κ2) is 5.20. The Morgan fingerprint density at radius 3 is 1.53 bits per heavy atom. The molecule has 8 heteroatoms. The van der Waals surface area contributed by atoms with E-state index >= 15 is 0 Å². The molecular formula is C9H4Cl6O2. The number of carboxylic acid groups (broad SMARTS) is 1. The van der Waals surface area contributed by atoms with Gasteiger partial charge in [0.25, 0.3) is 0 Å². The summed E-state index contributed by atoms with van der Waals surface area (Å²) in [4.78, 5) is 11.2. The Morgan fingerprint density at radius 1 is 0.941 bits per heavy atom. The van der Waals surface area contributed by atoms with Gasteiger partial charge in [-0.2, -0.15) is 0 Å². The highest BCUT2D eigenvalue weighted by molar-refractivity contribution is 6.68. The van der Waals surface area contributed by atoms with Crippen molar-refractivity contribution in [3.8, 4) is 0 Å². The average Bonchev–Trinajstić information content (AvgIpc) is 2.13. The lowest BCUT2D eigenvalue weighted by Crippen LogP contribution is -2.16. The number of benzene rings is 1. The lowest BCUT2D eigenvalue weighted by molar-refractivity contribution is 0.0694. The molecule has 0 unspecified atom stereocenters. The van der Waals surface area contributed by atoms with Gasteiger partial charge in [-0.1, -0.05) is 87.8 Å². The molecule has 0 amide bonds. The third kappa shape index (κ3) is 3.69. The predicted octanol–water partition coefficient (Wildman–Crippen LogP) is 5.04. The number of carbonyl (C=O) groups is 1. The molecule has 0 aromatic heterocycles. The normalized spacial score (nSPS) is 12.6. The molecular weight excluding hydrogens is 353 g/mol. The van der Waals surface area contributed by atoms with Gasteiger partial charge >= 0.3 is 5.97 Å². The molecule has 1 rings (SSSR count). The maximum absolute atomic E-state index is 11.2. The van der Waals surface area contributed by atoms with Gasteiger partial charge in [-0.05, 0) is 0 Å². The van der Waals surface area contributed by atoms with Crippen LogP contribution in [0.1, 0.15) is 21.5 Å². The first-order chi connectivity index (χ1) is 7.55. The average molecular weight is 357 g/mol. The van der Waals surface area contributed by atoms with Crippen molar-refractivity contribution in [2.75, 3.05) is 0 Å². The van der Waals surface area contributed by atoms with Crippen LogP contribution in [0.3, 0.4) is 0 Å². The number of aromatic carboxylic acids is 1. The second-order valence-corrected chi connectivity index (χ2v) is 7.59. The van der Waals surface area contributed by atoms with E-state index in [-0.39, 0.29) is 16.7 Å². The van der Waals surface area contributed by atoms with Gasteiger partial charge in [0.05, 0.1) is 5.56 Å². The summed E-state index contributed by atoms with van der Waals surface area (Å²) in [5.41, 5.74) is -0.440. The molecule has 0 spiro atoms. The molecule has 94 valence electrons. The lowest BCUT2D eigenvalue weighted by Gasteiger charge is -2.20. The number of rotatable bonds is 1. The van der Waals surface area contributed by atoms with E-state index in [9.17, 15) is 4.79 Å². The fourth-order valence-electron chi connectivity index (χ4n) is 1.26. The van der Waals surface area contributed by atoms with Crippen molar-refractivity contribution in [1.82, 2.24) is 0 Å². The largest absolute Gasteiger partial charge is 0.478 e. The molecule has 2 nitrogen and oxygen atoms in total. The zero-order chi connectivity index (χ0) is 13.4. The Bertz CT molecular complexity index is 414. The fraction of sp³-hybridized carbons (Fsp3) is 0.222. The van der Waals surface area contributed by atoms with E-state index in [0.717, 1.165) is 0 Å². The molecule has 0 heterocycles. The van der Waals surface area contributed by atoms with Crippen LogP contribution in [0.2, 0.25) is 0 Å². The molecule has 0 aliphatic heterocycles. The van der Waals surface area contributed by atoms with Gasteiger partial charge in [0.1, 0.15) is 0 Å². The summed E-state index contributed by atoms with van der Waals surface area (Å²) >= 11 is 34.0. The standard InChI is InChI=1S/C9H4Cl6O2/c10-8(11,12)4-2-1-3-5(9(13,14)15)6(4)7(16)17/h1-3H,(H,16,17). The maximum Gasteiger partial charge on any atom is 0.336 e. The molecule has 0 aliphatic carbocycles. The summed E-state index contributed by atoms with van der Waals surface area (Å²) in [6.07, 6.45) is 0. The first-order valence-electron chi connectivity index (χ1n) is 4.06. The number of carboxylic acids is 1. The summed E-state index contributed by atoms with van der Waals surface area (Å²) in [6, 6.07) is 4.13. The van der Waals surface area contributed by atoms with Gasteiger partial charge in [-0.3, -0.25) is 0 Å². The van der Waals surface area contributed by atoms with Crippen molar-refractivity contribution < 1.29 is 9.90 Å². The van der Waals surface area contributed by atoms with Crippen LogP contribution < -0.4 is 0 Å². The Kier molecular flexibility index (Phi) is 4.74. The van der Waals surface area contributed by atoms with Crippen molar-refractivity contribution in [2.45, 2.75) is 7.59 Å².